The number of cyclic esters (lactones) is 1. The fourth-order valence-corrected chi connectivity index (χ4v) is 5.07. The van der Waals surface area contributed by atoms with E-state index in [4.69, 9.17) is 14.6 Å². The van der Waals surface area contributed by atoms with E-state index in [0.717, 1.165) is 49.3 Å². The van der Waals surface area contributed by atoms with Gasteiger partial charge in [0.15, 0.2) is 0 Å². The molecule has 38 heavy (non-hydrogen) atoms. The number of ether oxygens (including phenoxy) is 2. The van der Waals surface area contributed by atoms with Gasteiger partial charge in [0, 0.05) is 43.0 Å². The summed E-state index contributed by atoms with van der Waals surface area (Å²) in [6.45, 7) is 4.83. The van der Waals surface area contributed by atoms with Crippen molar-refractivity contribution in [3.63, 3.8) is 0 Å². The predicted molar refractivity (Wildman–Crippen MR) is 138 cm³/mol. The number of hydrogen-bond donors (Lipinski definition) is 1. The van der Waals surface area contributed by atoms with Crippen LogP contribution >= 0.6 is 0 Å². The molecule has 1 N–H and O–H groups in total. The smallest absolute Gasteiger partial charge is 0.410 e. The molecule has 5 rings (SSSR count). The Kier molecular flexibility index (Phi) is 7.37. The van der Waals surface area contributed by atoms with Crippen LogP contribution < -0.4 is 4.74 Å². The number of hydrogen-bond acceptors (Lipinski definition) is 7. The summed E-state index contributed by atoms with van der Waals surface area (Å²) in [6.07, 6.45) is 1.54. The van der Waals surface area contributed by atoms with Crippen LogP contribution in [0.5, 0.6) is 11.6 Å². The molecule has 2 aliphatic rings. The molecule has 0 bridgehead atoms. The van der Waals surface area contributed by atoms with Gasteiger partial charge in [0.25, 0.3) is 5.78 Å². The number of rotatable bonds is 8. The fourth-order valence-electron chi connectivity index (χ4n) is 5.07. The molecule has 0 aliphatic carbocycles. The summed E-state index contributed by atoms with van der Waals surface area (Å²) in [7, 11) is 0. The number of Topliss-reactive ketones (excluding diaryl/α,β-unsaturated/α-hetero) is 1. The van der Waals surface area contributed by atoms with E-state index >= 15 is 0 Å². The van der Waals surface area contributed by atoms with Gasteiger partial charge in [0.2, 0.25) is 5.88 Å². The number of carbonyl (C=O) groups is 3. The van der Waals surface area contributed by atoms with Gasteiger partial charge in [-0.15, -0.1) is 0 Å². The number of ketones is 1. The number of aliphatic carboxylic acids is 1. The Balaban J connectivity index is 1.17. The standard InChI is InChI=1S/C29H29N3O6/c1-19-22(9-12-26(30-19)38-24-10-7-21(8-11-24)27(33)28(34)35)17-31-15-13-23(14-16-31)32-25(18-37-29(32)36)20-5-3-2-4-6-20/h2-12,23,25H,13-18H2,1H3,(H,34,35). The maximum Gasteiger partial charge on any atom is 0.410 e. The van der Waals surface area contributed by atoms with Gasteiger partial charge in [-0.3, -0.25) is 14.6 Å². The lowest BCUT2D eigenvalue weighted by molar-refractivity contribution is -0.131. The van der Waals surface area contributed by atoms with Crippen molar-refractivity contribution >= 4 is 17.8 Å². The molecule has 2 aromatic carbocycles. The van der Waals surface area contributed by atoms with E-state index in [2.05, 4.69) is 9.88 Å². The largest absolute Gasteiger partial charge is 0.475 e. The molecular weight excluding hydrogens is 486 g/mol. The van der Waals surface area contributed by atoms with Crippen LogP contribution in [0.1, 0.15) is 46.1 Å². The molecule has 1 aromatic heterocycles. The van der Waals surface area contributed by atoms with Crippen LogP contribution in [-0.4, -0.2) is 63.5 Å². The number of nitrogens with zero attached hydrogens (tertiary/aromatic N) is 3. The maximum atomic E-state index is 12.5. The van der Waals surface area contributed by atoms with Gasteiger partial charge in [-0.2, -0.15) is 0 Å². The van der Waals surface area contributed by atoms with Crippen molar-refractivity contribution in [2.24, 2.45) is 0 Å². The summed E-state index contributed by atoms with van der Waals surface area (Å²) < 4.78 is 11.2. The van der Waals surface area contributed by atoms with Crippen LogP contribution in [0.15, 0.2) is 66.7 Å². The van der Waals surface area contributed by atoms with Crippen molar-refractivity contribution in [3.05, 3.63) is 89.1 Å². The van der Waals surface area contributed by atoms with Gasteiger partial charge in [-0.05, 0) is 55.2 Å². The second-order valence-electron chi connectivity index (χ2n) is 9.57. The third kappa shape index (κ3) is 5.52. The molecular formula is C29H29N3O6. The molecule has 2 aliphatic heterocycles. The van der Waals surface area contributed by atoms with Gasteiger partial charge >= 0.3 is 12.1 Å². The molecule has 2 saturated heterocycles. The second kappa shape index (κ2) is 11.0. The Bertz CT molecular complexity index is 1320. The minimum absolute atomic E-state index is 0.0342. The van der Waals surface area contributed by atoms with Crippen LogP contribution in [0.25, 0.3) is 0 Å². The van der Waals surface area contributed by atoms with Gasteiger partial charge in [-0.25, -0.2) is 14.6 Å². The number of aryl methyl sites for hydroxylation is 1. The summed E-state index contributed by atoms with van der Waals surface area (Å²) in [5, 5.41) is 8.83. The van der Waals surface area contributed by atoms with Crippen molar-refractivity contribution in [1.82, 2.24) is 14.8 Å². The summed E-state index contributed by atoms with van der Waals surface area (Å²) in [4.78, 5) is 43.8. The number of carboxylic acid groups (broad SMARTS) is 1. The number of benzene rings is 2. The van der Waals surface area contributed by atoms with Crippen LogP contribution in [-0.2, 0) is 16.1 Å². The van der Waals surface area contributed by atoms with Crippen molar-refractivity contribution < 1.29 is 29.0 Å². The lowest BCUT2D eigenvalue weighted by atomic mass is 9.98. The number of pyridine rings is 1. The molecule has 196 valence electrons. The number of aromatic nitrogens is 1. The highest BCUT2D eigenvalue weighted by atomic mass is 16.6. The molecule has 3 aromatic rings. The molecule has 0 saturated carbocycles. The van der Waals surface area contributed by atoms with Gasteiger partial charge < -0.3 is 14.6 Å². The Morgan fingerprint density at radius 3 is 2.39 bits per heavy atom. The molecule has 9 heteroatoms. The first kappa shape index (κ1) is 25.4. The highest BCUT2D eigenvalue weighted by Gasteiger charge is 2.40. The number of carboxylic acids is 1. The van der Waals surface area contributed by atoms with E-state index in [1.165, 1.54) is 12.1 Å². The highest BCUT2D eigenvalue weighted by Crippen LogP contribution is 2.33. The monoisotopic (exact) mass is 515 g/mol. The summed E-state index contributed by atoms with van der Waals surface area (Å²) in [6, 6.07) is 19.9. The van der Waals surface area contributed by atoms with Gasteiger partial charge in [0.05, 0.1) is 6.04 Å². The Morgan fingerprint density at radius 2 is 1.74 bits per heavy atom. The average molecular weight is 516 g/mol. The first-order valence-electron chi connectivity index (χ1n) is 12.6. The minimum Gasteiger partial charge on any atom is -0.475 e. The van der Waals surface area contributed by atoms with Crippen molar-refractivity contribution in [2.75, 3.05) is 19.7 Å². The van der Waals surface area contributed by atoms with E-state index in [0.29, 0.717) is 18.2 Å². The molecule has 1 atom stereocenters. The number of piperidine rings is 1. The quantitative estimate of drug-likeness (QED) is 0.342. The van der Waals surface area contributed by atoms with Crippen molar-refractivity contribution in [1.29, 1.82) is 0 Å². The summed E-state index contributed by atoms with van der Waals surface area (Å²) in [5.74, 6) is -1.58. The summed E-state index contributed by atoms with van der Waals surface area (Å²) >= 11 is 0. The molecule has 0 radical (unpaired) electrons. The van der Waals surface area contributed by atoms with Crippen LogP contribution in [0, 0.1) is 6.92 Å². The average Bonchev–Trinajstić information content (AvgIpc) is 3.32. The Labute approximate surface area is 220 Å². The van der Waals surface area contributed by atoms with Gasteiger partial charge in [0.1, 0.15) is 12.4 Å². The normalized spacial score (nSPS) is 18.3. The van der Waals surface area contributed by atoms with E-state index in [1.54, 1.807) is 18.2 Å². The third-order valence-electron chi connectivity index (χ3n) is 7.14. The SMILES string of the molecule is Cc1nc(Oc2ccc(C(=O)C(=O)O)cc2)ccc1CN1CCC(N2C(=O)OCC2c2ccccc2)CC1. The second-order valence-corrected chi connectivity index (χ2v) is 9.57. The number of amides is 1. The van der Waals surface area contributed by atoms with Crippen LogP contribution in [0.3, 0.4) is 0 Å². The van der Waals surface area contributed by atoms with Crippen LogP contribution in [0.2, 0.25) is 0 Å². The van der Waals surface area contributed by atoms with E-state index < -0.39 is 11.8 Å². The Hall–Kier alpha value is -4.24. The first-order valence-corrected chi connectivity index (χ1v) is 12.6. The maximum absolute atomic E-state index is 12.5. The molecule has 1 amide bonds. The molecule has 1 unspecified atom stereocenters. The van der Waals surface area contributed by atoms with Gasteiger partial charge in [-0.1, -0.05) is 36.4 Å². The highest BCUT2D eigenvalue weighted by molar-refractivity contribution is 6.39. The predicted octanol–water partition coefficient (Wildman–Crippen LogP) is 4.61. The van der Waals surface area contributed by atoms with Crippen molar-refractivity contribution in [2.45, 2.75) is 38.4 Å². The van der Waals surface area contributed by atoms with E-state index in [1.807, 2.05) is 48.2 Å². The Morgan fingerprint density at radius 1 is 1.03 bits per heavy atom. The molecule has 3 heterocycles. The first-order chi connectivity index (χ1) is 18.4. The molecule has 0 spiro atoms. The summed E-state index contributed by atoms with van der Waals surface area (Å²) in [5.41, 5.74) is 3.15. The molecule has 9 nitrogen and oxygen atoms in total. The molecule has 2 fully saturated rings. The number of carbonyl (C=O) groups excluding carboxylic acids is 2. The topological polar surface area (TPSA) is 109 Å². The zero-order chi connectivity index (χ0) is 26.6. The van der Waals surface area contributed by atoms with E-state index in [9.17, 15) is 14.4 Å². The number of likely N-dealkylation sites (tertiary alicyclic amines) is 1. The lowest BCUT2D eigenvalue weighted by Crippen LogP contribution is -2.46. The minimum atomic E-state index is -1.49. The zero-order valence-corrected chi connectivity index (χ0v) is 21.1. The zero-order valence-electron chi connectivity index (χ0n) is 21.1. The van der Waals surface area contributed by atoms with E-state index in [-0.39, 0.29) is 23.7 Å². The van der Waals surface area contributed by atoms with Crippen LogP contribution in [0.4, 0.5) is 4.79 Å². The third-order valence-corrected chi connectivity index (χ3v) is 7.14. The lowest BCUT2D eigenvalue weighted by Gasteiger charge is -2.38. The van der Waals surface area contributed by atoms with Crippen molar-refractivity contribution in [3.8, 4) is 11.6 Å². The fraction of sp³-hybridized carbons (Fsp3) is 0.310.